The van der Waals surface area contributed by atoms with Crippen LogP contribution in [-0.4, -0.2) is 13.0 Å². The fourth-order valence-corrected chi connectivity index (χ4v) is 1.75. The zero-order valence-corrected chi connectivity index (χ0v) is 11.2. The molecule has 20 heavy (non-hydrogen) atoms. The first-order valence-electron chi connectivity index (χ1n) is 6.02. The van der Waals surface area contributed by atoms with E-state index in [1.54, 1.807) is 37.3 Å². The first-order valence-corrected chi connectivity index (χ1v) is 6.02. The Bertz CT molecular complexity index is 656. The van der Waals surface area contributed by atoms with Gasteiger partial charge in [0.1, 0.15) is 11.6 Å². The highest BCUT2D eigenvalue weighted by Gasteiger charge is 2.11. The summed E-state index contributed by atoms with van der Waals surface area (Å²) in [7, 11) is 1.49. The van der Waals surface area contributed by atoms with Gasteiger partial charge in [-0.2, -0.15) is 0 Å². The third kappa shape index (κ3) is 2.88. The van der Waals surface area contributed by atoms with Crippen molar-refractivity contribution in [1.29, 1.82) is 0 Å². The number of nitrogens with two attached hydrogens (primary N) is 1. The summed E-state index contributed by atoms with van der Waals surface area (Å²) >= 11 is 0. The van der Waals surface area contributed by atoms with Crippen molar-refractivity contribution in [3.8, 4) is 5.75 Å². The highest BCUT2D eigenvalue weighted by Crippen LogP contribution is 2.27. The number of methoxy groups -OCH3 is 1. The molecule has 0 saturated heterocycles. The average Bonchev–Trinajstić information content (AvgIpc) is 2.42. The van der Waals surface area contributed by atoms with Gasteiger partial charge in [-0.3, -0.25) is 4.79 Å². The summed E-state index contributed by atoms with van der Waals surface area (Å²) < 4.78 is 18.6. The number of benzene rings is 2. The molecule has 0 aliphatic carbocycles. The molecule has 5 heteroatoms. The second-order valence-electron chi connectivity index (χ2n) is 4.38. The van der Waals surface area contributed by atoms with Crippen LogP contribution in [0.5, 0.6) is 5.75 Å². The lowest BCUT2D eigenvalue weighted by Gasteiger charge is -2.11. The molecule has 4 nitrogen and oxygen atoms in total. The Kier molecular flexibility index (Phi) is 3.89. The molecular weight excluding hydrogens is 259 g/mol. The van der Waals surface area contributed by atoms with Gasteiger partial charge in [0, 0.05) is 11.3 Å². The van der Waals surface area contributed by atoms with Crippen LogP contribution in [0.25, 0.3) is 0 Å². The quantitative estimate of drug-likeness (QED) is 0.846. The number of nitrogens with one attached hydrogen (secondary N) is 1. The van der Waals surface area contributed by atoms with Crippen molar-refractivity contribution in [3.05, 3.63) is 53.3 Å². The number of aryl methyl sites for hydroxylation is 1. The Hall–Kier alpha value is -2.56. The number of anilines is 2. The van der Waals surface area contributed by atoms with E-state index in [0.29, 0.717) is 22.7 Å². The molecule has 0 fully saturated rings. The lowest BCUT2D eigenvalue weighted by molar-refractivity contribution is 0.102. The minimum atomic E-state index is -0.423. The lowest BCUT2D eigenvalue weighted by atomic mass is 10.1. The number of hydrogen-bond acceptors (Lipinski definition) is 3. The number of ether oxygens (including phenoxy) is 1. The predicted octanol–water partition coefficient (Wildman–Crippen LogP) is 2.98. The zero-order valence-electron chi connectivity index (χ0n) is 11.2. The van der Waals surface area contributed by atoms with Gasteiger partial charge < -0.3 is 15.8 Å². The maximum absolute atomic E-state index is 13.5. The van der Waals surface area contributed by atoms with E-state index < -0.39 is 11.7 Å². The van der Waals surface area contributed by atoms with Gasteiger partial charge in [0.15, 0.2) is 0 Å². The van der Waals surface area contributed by atoms with Gasteiger partial charge in [-0.15, -0.1) is 0 Å². The van der Waals surface area contributed by atoms with Crippen LogP contribution in [0.3, 0.4) is 0 Å². The molecular formula is C15H15FN2O2. The number of hydrogen-bond donors (Lipinski definition) is 2. The number of rotatable bonds is 3. The monoisotopic (exact) mass is 274 g/mol. The maximum atomic E-state index is 13.5. The highest BCUT2D eigenvalue weighted by molar-refractivity contribution is 6.05. The van der Waals surface area contributed by atoms with Crippen LogP contribution in [0, 0.1) is 12.7 Å². The molecule has 0 heterocycles. The summed E-state index contributed by atoms with van der Waals surface area (Å²) in [5.41, 5.74) is 7.34. The fourth-order valence-electron chi connectivity index (χ4n) is 1.75. The third-order valence-electron chi connectivity index (χ3n) is 2.91. The Morgan fingerprint density at radius 1 is 1.25 bits per heavy atom. The van der Waals surface area contributed by atoms with Gasteiger partial charge >= 0.3 is 0 Å². The lowest BCUT2D eigenvalue weighted by Crippen LogP contribution is -2.13. The molecule has 0 aliphatic rings. The predicted molar refractivity (Wildman–Crippen MR) is 76.5 cm³/mol. The van der Waals surface area contributed by atoms with Gasteiger partial charge in [-0.25, -0.2) is 4.39 Å². The molecule has 1 amide bonds. The van der Waals surface area contributed by atoms with E-state index in [4.69, 9.17) is 10.5 Å². The summed E-state index contributed by atoms with van der Waals surface area (Å²) in [6.45, 7) is 1.64. The molecule has 0 radical (unpaired) electrons. The van der Waals surface area contributed by atoms with Crippen molar-refractivity contribution in [2.75, 3.05) is 18.2 Å². The number of halogens is 1. The third-order valence-corrected chi connectivity index (χ3v) is 2.91. The van der Waals surface area contributed by atoms with Crippen LogP contribution in [0.15, 0.2) is 36.4 Å². The van der Waals surface area contributed by atoms with E-state index in [1.165, 1.54) is 13.2 Å². The molecule has 3 N–H and O–H groups in total. The summed E-state index contributed by atoms with van der Waals surface area (Å²) in [6, 6.07) is 9.22. The normalized spacial score (nSPS) is 10.2. The molecule has 0 aliphatic heterocycles. The number of amides is 1. The number of carbonyl (C=O) groups is 1. The largest absolute Gasteiger partial charge is 0.495 e. The molecule has 0 bridgehead atoms. The van der Waals surface area contributed by atoms with Crippen LogP contribution in [-0.2, 0) is 0 Å². The molecule has 2 aromatic carbocycles. The summed E-state index contributed by atoms with van der Waals surface area (Å²) in [6.07, 6.45) is 0. The zero-order chi connectivity index (χ0) is 14.7. The Morgan fingerprint density at radius 2 is 2.00 bits per heavy atom. The van der Waals surface area contributed by atoms with Gasteiger partial charge in [-0.1, -0.05) is 6.07 Å². The van der Waals surface area contributed by atoms with Crippen LogP contribution in [0.4, 0.5) is 15.8 Å². The molecule has 0 saturated carbocycles. The molecule has 0 atom stereocenters. The summed E-state index contributed by atoms with van der Waals surface area (Å²) in [5.74, 6) is -0.356. The smallest absolute Gasteiger partial charge is 0.255 e. The van der Waals surface area contributed by atoms with E-state index in [9.17, 15) is 9.18 Å². The number of nitrogen functional groups attached to an aromatic ring is 1. The van der Waals surface area contributed by atoms with E-state index in [-0.39, 0.29) is 5.56 Å². The number of carbonyl (C=O) groups excluding carboxylic acids is 1. The van der Waals surface area contributed by atoms with Gasteiger partial charge in [0.25, 0.3) is 5.91 Å². The van der Waals surface area contributed by atoms with Crippen LogP contribution in [0.1, 0.15) is 15.9 Å². The van der Waals surface area contributed by atoms with Crippen molar-refractivity contribution in [2.24, 2.45) is 0 Å². The minimum absolute atomic E-state index is 0.234. The Morgan fingerprint density at radius 3 is 2.65 bits per heavy atom. The van der Waals surface area contributed by atoms with Gasteiger partial charge in [0.2, 0.25) is 0 Å². The van der Waals surface area contributed by atoms with Crippen molar-refractivity contribution in [1.82, 2.24) is 0 Å². The molecule has 104 valence electrons. The molecule has 2 rings (SSSR count). The molecule has 0 aromatic heterocycles. The Labute approximate surface area is 116 Å². The highest BCUT2D eigenvalue weighted by atomic mass is 19.1. The van der Waals surface area contributed by atoms with E-state index in [1.807, 2.05) is 0 Å². The van der Waals surface area contributed by atoms with E-state index in [2.05, 4.69) is 5.32 Å². The maximum Gasteiger partial charge on any atom is 0.255 e. The second-order valence-corrected chi connectivity index (χ2v) is 4.38. The average molecular weight is 274 g/mol. The molecule has 0 unspecified atom stereocenters. The Balaban J connectivity index is 2.27. The fraction of sp³-hybridized carbons (Fsp3) is 0.133. The van der Waals surface area contributed by atoms with Gasteiger partial charge in [0.05, 0.1) is 12.8 Å². The minimum Gasteiger partial charge on any atom is -0.495 e. The van der Waals surface area contributed by atoms with Crippen molar-refractivity contribution < 1.29 is 13.9 Å². The van der Waals surface area contributed by atoms with Crippen molar-refractivity contribution >= 4 is 17.3 Å². The van der Waals surface area contributed by atoms with Crippen LogP contribution >= 0.6 is 0 Å². The van der Waals surface area contributed by atoms with E-state index in [0.717, 1.165) is 0 Å². The topological polar surface area (TPSA) is 64.3 Å². The van der Waals surface area contributed by atoms with E-state index >= 15 is 0 Å². The molecule has 2 aromatic rings. The van der Waals surface area contributed by atoms with Crippen LogP contribution in [0.2, 0.25) is 0 Å². The first kappa shape index (κ1) is 13.9. The van der Waals surface area contributed by atoms with Crippen LogP contribution < -0.4 is 15.8 Å². The van der Waals surface area contributed by atoms with Crippen molar-refractivity contribution in [3.63, 3.8) is 0 Å². The summed E-state index contributed by atoms with van der Waals surface area (Å²) in [4.78, 5) is 12.1. The standard InChI is InChI=1S/C15H15FN2O2/c1-9-3-4-10(7-12(9)16)15(19)18-13-8-11(17)5-6-14(13)20-2/h3-8H,17H2,1-2H3,(H,18,19). The second kappa shape index (κ2) is 5.61. The summed E-state index contributed by atoms with van der Waals surface area (Å²) in [5, 5.41) is 2.65. The van der Waals surface area contributed by atoms with Gasteiger partial charge in [-0.05, 0) is 42.8 Å². The molecule has 0 spiro atoms. The van der Waals surface area contributed by atoms with Crippen molar-refractivity contribution in [2.45, 2.75) is 6.92 Å². The SMILES string of the molecule is COc1ccc(N)cc1NC(=O)c1ccc(C)c(F)c1. The first-order chi connectivity index (χ1) is 9.51.